The first-order valence-electron chi connectivity index (χ1n) is 7.73. The van der Waals surface area contributed by atoms with Crippen LogP contribution in [0.1, 0.15) is 24.1 Å². The van der Waals surface area contributed by atoms with Gasteiger partial charge < -0.3 is 9.84 Å². The van der Waals surface area contributed by atoms with Gasteiger partial charge in [0.1, 0.15) is 5.82 Å². The van der Waals surface area contributed by atoms with Crippen molar-refractivity contribution in [2.24, 2.45) is 7.05 Å². The number of nitrogens with one attached hydrogen (secondary N) is 2. The van der Waals surface area contributed by atoms with Gasteiger partial charge in [0.2, 0.25) is 0 Å². The van der Waals surface area contributed by atoms with Crippen molar-refractivity contribution in [1.82, 2.24) is 20.3 Å². The molecule has 0 aliphatic rings. The standard InChI is InChI=1S/C17H18FN5O2/c1-10-15(13-6-4-5-7-14(13)18)25-22-16(10)21-17(24)20-11(2)12-8-19-23(3)9-12/h4-9,11H,1-3H3,(H2,20,21,22,24)/t11-/m1/s1. The Morgan fingerprint density at radius 2 is 2.12 bits per heavy atom. The number of rotatable bonds is 4. The highest BCUT2D eigenvalue weighted by Gasteiger charge is 2.19. The van der Waals surface area contributed by atoms with Crippen molar-refractivity contribution in [3.63, 3.8) is 0 Å². The van der Waals surface area contributed by atoms with Gasteiger partial charge in [-0.15, -0.1) is 0 Å². The van der Waals surface area contributed by atoms with E-state index in [1.807, 2.05) is 13.1 Å². The van der Waals surface area contributed by atoms with E-state index in [2.05, 4.69) is 20.9 Å². The van der Waals surface area contributed by atoms with E-state index in [1.54, 1.807) is 43.0 Å². The van der Waals surface area contributed by atoms with E-state index in [-0.39, 0.29) is 17.6 Å². The first-order valence-corrected chi connectivity index (χ1v) is 7.73. The maximum Gasteiger partial charge on any atom is 0.320 e. The number of nitrogens with zero attached hydrogens (tertiary/aromatic N) is 3. The monoisotopic (exact) mass is 343 g/mol. The molecule has 2 aromatic heterocycles. The molecule has 0 spiro atoms. The lowest BCUT2D eigenvalue weighted by atomic mass is 10.1. The third-order valence-electron chi connectivity index (χ3n) is 3.85. The average molecular weight is 343 g/mol. The summed E-state index contributed by atoms with van der Waals surface area (Å²) in [7, 11) is 1.80. The highest BCUT2D eigenvalue weighted by atomic mass is 19.1. The van der Waals surface area contributed by atoms with Gasteiger partial charge in [-0.05, 0) is 26.0 Å². The highest BCUT2D eigenvalue weighted by molar-refractivity contribution is 5.90. The Hall–Kier alpha value is -3.16. The topological polar surface area (TPSA) is 85.0 Å². The van der Waals surface area contributed by atoms with Crippen LogP contribution in [0.5, 0.6) is 0 Å². The number of halogens is 1. The molecule has 0 radical (unpaired) electrons. The Morgan fingerprint density at radius 1 is 1.36 bits per heavy atom. The Kier molecular flexibility index (Phi) is 4.51. The lowest BCUT2D eigenvalue weighted by Gasteiger charge is -2.12. The van der Waals surface area contributed by atoms with Crippen LogP contribution in [-0.4, -0.2) is 21.0 Å². The van der Waals surface area contributed by atoms with Crippen molar-refractivity contribution in [3.05, 3.63) is 53.6 Å². The number of carbonyl (C=O) groups excluding carboxylic acids is 1. The summed E-state index contributed by atoms with van der Waals surface area (Å²) in [6.45, 7) is 3.55. The van der Waals surface area contributed by atoms with Crippen molar-refractivity contribution in [1.29, 1.82) is 0 Å². The second kappa shape index (κ2) is 6.76. The second-order valence-corrected chi connectivity index (χ2v) is 5.73. The fraction of sp³-hybridized carbons (Fsp3) is 0.235. The summed E-state index contributed by atoms with van der Waals surface area (Å²) in [5, 5.41) is 13.3. The van der Waals surface area contributed by atoms with Gasteiger partial charge in [-0.1, -0.05) is 17.3 Å². The zero-order valence-electron chi connectivity index (χ0n) is 14.1. The summed E-state index contributed by atoms with van der Waals surface area (Å²) in [6.07, 6.45) is 3.51. The van der Waals surface area contributed by atoms with Crippen LogP contribution in [0, 0.1) is 12.7 Å². The summed E-state index contributed by atoms with van der Waals surface area (Å²) in [4.78, 5) is 12.2. The fourth-order valence-corrected chi connectivity index (χ4v) is 2.44. The minimum absolute atomic E-state index is 0.230. The molecular weight excluding hydrogens is 325 g/mol. The Balaban J connectivity index is 1.71. The van der Waals surface area contributed by atoms with Gasteiger partial charge in [-0.3, -0.25) is 10.00 Å². The molecule has 25 heavy (non-hydrogen) atoms. The predicted octanol–water partition coefficient (Wildman–Crippen LogP) is 3.41. The number of urea groups is 1. The second-order valence-electron chi connectivity index (χ2n) is 5.73. The van der Waals surface area contributed by atoms with Gasteiger partial charge >= 0.3 is 6.03 Å². The molecule has 3 aromatic rings. The molecule has 2 heterocycles. The van der Waals surface area contributed by atoms with Crippen molar-refractivity contribution in [2.75, 3.05) is 5.32 Å². The predicted molar refractivity (Wildman–Crippen MR) is 90.4 cm³/mol. The number of benzene rings is 1. The molecule has 0 bridgehead atoms. The molecule has 3 rings (SSSR count). The average Bonchev–Trinajstić information content (AvgIpc) is 3.15. The molecule has 2 N–H and O–H groups in total. The van der Waals surface area contributed by atoms with Crippen molar-refractivity contribution < 1.29 is 13.7 Å². The van der Waals surface area contributed by atoms with Gasteiger partial charge in [0.25, 0.3) is 0 Å². The van der Waals surface area contributed by atoms with E-state index >= 15 is 0 Å². The van der Waals surface area contributed by atoms with Crippen LogP contribution in [0.3, 0.4) is 0 Å². The van der Waals surface area contributed by atoms with Crippen LogP contribution < -0.4 is 10.6 Å². The lowest BCUT2D eigenvalue weighted by Crippen LogP contribution is -2.31. The van der Waals surface area contributed by atoms with Gasteiger partial charge in [-0.2, -0.15) is 5.10 Å². The Labute approximate surface area is 143 Å². The molecule has 2 amide bonds. The molecule has 0 saturated heterocycles. The fourth-order valence-electron chi connectivity index (χ4n) is 2.44. The molecule has 8 heteroatoms. The number of aromatic nitrogens is 3. The number of hydrogen-bond donors (Lipinski definition) is 2. The zero-order chi connectivity index (χ0) is 18.0. The maximum atomic E-state index is 13.9. The van der Waals surface area contributed by atoms with Crippen LogP contribution >= 0.6 is 0 Å². The number of amides is 2. The lowest BCUT2D eigenvalue weighted by molar-refractivity contribution is 0.249. The van der Waals surface area contributed by atoms with E-state index < -0.39 is 11.8 Å². The molecular formula is C17H18FN5O2. The van der Waals surface area contributed by atoms with E-state index in [0.29, 0.717) is 11.1 Å². The minimum Gasteiger partial charge on any atom is -0.354 e. The molecule has 130 valence electrons. The molecule has 1 aromatic carbocycles. The normalized spacial score (nSPS) is 12.0. The third-order valence-corrected chi connectivity index (χ3v) is 3.85. The van der Waals surface area contributed by atoms with E-state index in [0.717, 1.165) is 5.56 Å². The molecule has 0 aliphatic heterocycles. The number of carbonyl (C=O) groups is 1. The first kappa shape index (κ1) is 16.7. The molecule has 0 saturated carbocycles. The Bertz CT molecular complexity index is 902. The van der Waals surface area contributed by atoms with E-state index in [9.17, 15) is 9.18 Å². The third kappa shape index (κ3) is 3.52. The van der Waals surface area contributed by atoms with Crippen LogP contribution in [-0.2, 0) is 7.05 Å². The molecule has 1 atom stereocenters. The van der Waals surface area contributed by atoms with Crippen LogP contribution in [0.2, 0.25) is 0 Å². The molecule has 0 fully saturated rings. The highest BCUT2D eigenvalue weighted by Crippen LogP contribution is 2.30. The maximum absolute atomic E-state index is 13.9. The summed E-state index contributed by atoms with van der Waals surface area (Å²) in [5.41, 5.74) is 1.72. The summed E-state index contributed by atoms with van der Waals surface area (Å²) in [5.74, 6) is 0.116. The SMILES string of the molecule is Cc1c(NC(=O)N[C@H](C)c2cnn(C)c2)noc1-c1ccccc1F. The van der Waals surface area contributed by atoms with Gasteiger partial charge in [0.05, 0.1) is 17.8 Å². The number of hydrogen-bond acceptors (Lipinski definition) is 4. The van der Waals surface area contributed by atoms with Crippen molar-refractivity contribution >= 4 is 11.8 Å². The molecule has 7 nitrogen and oxygen atoms in total. The van der Waals surface area contributed by atoms with E-state index in [1.165, 1.54) is 6.07 Å². The van der Waals surface area contributed by atoms with E-state index in [4.69, 9.17) is 4.52 Å². The quantitative estimate of drug-likeness (QED) is 0.760. The Morgan fingerprint density at radius 3 is 2.80 bits per heavy atom. The first-order chi connectivity index (χ1) is 12.0. The largest absolute Gasteiger partial charge is 0.354 e. The van der Waals surface area contributed by atoms with Gasteiger partial charge in [0, 0.05) is 24.4 Å². The van der Waals surface area contributed by atoms with Crippen LogP contribution in [0.25, 0.3) is 11.3 Å². The summed E-state index contributed by atoms with van der Waals surface area (Å²) >= 11 is 0. The molecule has 0 unspecified atom stereocenters. The smallest absolute Gasteiger partial charge is 0.320 e. The minimum atomic E-state index is -0.437. The number of anilines is 1. The zero-order valence-corrected chi connectivity index (χ0v) is 14.1. The van der Waals surface area contributed by atoms with Gasteiger partial charge in [0.15, 0.2) is 11.6 Å². The summed E-state index contributed by atoms with van der Waals surface area (Å²) in [6, 6.07) is 5.57. The molecule has 0 aliphatic carbocycles. The van der Waals surface area contributed by atoms with Crippen molar-refractivity contribution in [2.45, 2.75) is 19.9 Å². The van der Waals surface area contributed by atoms with Crippen molar-refractivity contribution in [3.8, 4) is 11.3 Å². The summed E-state index contributed by atoms with van der Waals surface area (Å²) < 4.78 is 20.8. The van der Waals surface area contributed by atoms with Crippen LogP contribution in [0.15, 0.2) is 41.2 Å². The van der Waals surface area contributed by atoms with Crippen LogP contribution in [0.4, 0.5) is 15.0 Å². The number of aryl methyl sites for hydroxylation is 1. The van der Waals surface area contributed by atoms with Gasteiger partial charge in [-0.25, -0.2) is 9.18 Å².